The van der Waals surface area contributed by atoms with Gasteiger partial charge in [-0.15, -0.1) is 11.3 Å². The number of hydrogen-bond acceptors (Lipinski definition) is 3. The quantitative estimate of drug-likeness (QED) is 0.344. The smallest absolute Gasteiger partial charge is 0.264 e. The van der Waals surface area contributed by atoms with Crippen molar-refractivity contribution in [3.8, 4) is 11.8 Å². The van der Waals surface area contributed by atoms with Crippen LogP contribution >= 0.6 is 11.3 Å². The van der Waals surface area contributed by atoms with Crippen molar-refractivity contribution in [1.82, 2.24) is 4.98 Å². The summed E-state index contributed by atoms with van der Waals surface area (Å²) in [5, 5.41) is 2.22. The predicted molar refractivity (Wildman–Crippen MR) is 39.9 cm³/mol. The van der Waals surface area contributed by atoms with Gasteiger partial charge in [0.1, 0.15) is 0 Å². The molecule has 0 saturated carbocycles. The zero-order chi connectivity index (χ0) is 7.40. The first-order valence-electron chi connectivity index (χ1n) is 2.71. The van der Waals surface area contributed by atoms with Gasteiger partial charge in [0.25, 0.3) is 5.78 Å². The maximum absolute atomic E-state index is 10.9. The normalized spacial score (nSPS) is 8.10. The first kappa shape index (κ1) is 6.97. The highest BCUT2D eigenvalue weighted by Crippen LogP contribution is 2.03. The Labute approximate surface area is 62.9 Å². The van der Waals surface area contributed by atoms with Crippen LogP contribution in [0.25, 0.3) is 0 Å². The Morgan fingerprint density at radius 3 is 3.10 bits per heavy atom. The molecule has 0 aliphatic heterocycles. The van der Waals surface area contributed by atoms with Crippen molar-refractivity contribution in [2.45, 2.75) is 6.92 Å². The maximum Gasteiger partial charge on any atom is 0.264 e. The molecule has 0 bridgehead atoms. The summed E-state index contributed by atoms with van der Waals surface area (Å²) in [4.78, 5) is 14.7. The number of ketones is 1. The van der Waals surface area contributed by atoms with E-state index in [1.54, 1.807) is 18.5 Å². The molecule has 0 unspecified atom stereocenters. The van der Waals surface area contributed by atoms with E-state index in [9.17, 15) is 4.79 Å². The van der Waals surface area contributed by atoms with E-state index in [1.165, 1.54) is 11.3 Å². The van der Waals surface area contributed by atoms with E-state index < -0.39 is 0 Å². The fourth-order valence-electron chi connectivity index (χ4n) is 0.503. The van der Waals surface area contributed by atoms with Gasteiger partial charge < -0.3 is 0 Å². The molecule has 0 radical (unpaired) electrons. The number of nitrogens with zero attached hydrogens (tertiary/aromatic N) is 1. The number of aromatic nitrogens is 1. The van der Waals surface area contributed by atoms with Crippen LogP contribution in [0, 0.1) is 11.8 Å². The van der Waals surface area contributed by atoms with E-state index in [0.29, 0.717) is 5.01 Å². The summed E-state index contributed by atoms with van der Waals surface area (Å²) in [5.41, 5.74) is 0. The molecule has 1 aromatic heterocycles. The number of carbonyl (C=O) groups is 1. The lowest BCUT2D eigenvalue weighted by molar-refractivity contribution is 0.105. The lowest BCUT2D eigenvalue weighted by Gasteiger charge is -1.78. The van der Waals surface area contributed by atoms with E-state index in [2.05, 4.69) is 16.8 Å². The molecule has 0 N–H and O–H groups in total. The van der Waals surface area contributed by atoms with E-state index in [0.717, 1.165) is 0 Å². The Balaban J connectivity index is 2.85. The van der Waals surface area contributed by atoms with Gasteiger partial charge >= 0.3 is 0 Å². The Bertz CT molecular complexity index is 278. The minimum absolute atomic E-state index is 0.197. The van der Waals surface area contributed by atoms with E-state index in [-0.39, 0.29) is 5.78 Å². The Morgan fingerprint density at radius 2 is 2.60 bits per heavy atom. The van der Waals surface area contributed by atoms with Crippen LogP contribution < -0.4 is 0 Å². The van der Waals surface area contributed by atoms with Gasteiger partial charge in [-0.2, -0.15) is 0 Å². The van der Waals surface area contributed by atoms with Crippen LogP contribution in [-0.4, -0.2) is 10.8 Å². The summed E-state index contributed by atoms with van der Waals surface area (Å²) in [5.74, 6) is 4.73. The van der Waals surface area contributed by atoms with Crippen LogP contribution in [-0.2, 0) is 0 Å². The van der Waals surface area contributed by atoms with Gasteiger partial charge in [0.15, 0.2) is 5.01 Å². The second-order valence-corrected chi connectivity index (χ2v) is 2.44. The number of rotatable bonds is 1. The molecule has 0 saturated heterocycles. The molecular formula is C7H5NOS. The van der Waals surface area contributed by atoms with Crippen molar-refractivity contribution >= 4 is 17.1 Å². The number of Topliss-reactive ketones (excluding diaryl/α,β-unsaturated/α-hetero) is 1. The van der Waals surface area contributed by atoms with Crippen molar-refractivity contribution in [1.29, 1.82) is 0 Å². The van der Waals surface area contributed by atoms with Crippen LogP contribution in [0.1, 0.15) is 16.7 Å². The third kappa shape index (κ3) is 1.42. The third-order valence-corrected chi connectivity index (χ3v) is 1.64. The molecule has 2 nitrogen and oxygen atoms in total. The fraction of sp³-hybridized carbons (Fsp3) is 0.143. The van der Waals surface area contributed by atoms with Crippen LogP contribution in [0.15, 0.2) is 11.6 Å². The van der Waals surface area contributed by atoms with Gasteiger partial charge in [-0.05, 0) is 12.8 Å². The molecule has 0 aromatic carbocycles. The summed E-state index contributed by atoms with van der Waals surface area (Å²) in [6.07, 6.45) is 1.59. The maximum atomic E-state index is 10.9. The van der Waals surface area contributed by atoms with E-state index >= 15 is 0 Å². The Morgan fingerprint density at radius 1 is 1.80 bits per heavy atom. The highest BCUT2D eigenvalue weighted by Gasteiger charge is 2.02. The number of hydrogen-bond donors (Lipinski definition) is 0. The molecule has 0 fully saturated rings. The Hall–Kier alpha value is -1.14. The van der Waals surface area contributed by atoms with Crippen molar-refractivity contribution in [2.75, 3.05) is 0 Å². The molecule has 1 heterocycles. The van der Waals surface area contributed by atoms with Gasteiger partial charge in [0, 0.05) is 11.6 Å². The molecule has 1 rings (SSSR count). The number of thiazole rings is 1. The highest BCUT2D eigenvalue weighted by atomic mass is 32.1. The first-order valence-corrected chi connectivity index (χ1v) is 3.59. The molecule has 0 aliphatic rings. The SMILES string of the molecule is CC#CC(=O)c1nccs1. The fourth-order valence-corrected chi connectivity index (χ4v) is 1.03. The number of carbonyl (C=O) groups excluding carboxylic acids is 1. The minimum atomic E-state index is -0.197. The topological polar surface area (TPSA) is 30.0 Å². The lowest BCUT2D eigenvalue weighted by atomic mass is 10.4. The van der Waals surface area contributed by atoms with Crippen molar-refractivity contribution < 1.29 is 4.79 Å². The average Bonchev–Trinajstić information content (AvgIpc) is 2.38. The van der Waals surface area contributed by atoms with Gasteiger partial charge in [-0.3, -0.25) is 4.79 Å². The summed E-state index contributed by atoms with van der Waals surface area (Å²) >= 11 is 1.31. The van der Waals surface area contributed by atoms with Crippen molar-refractivity contribution in [3.63, 3.8) is 0 Å². The average molecular weight is 151 g/mol. The summed E-state index contributed by atoms with van der Waals surface area (Å²) in [6.45, 7) is 1.63. The van der Waals surface area contributed by atoms with Gasteiger partial charge in [-0.25, -0.2) is 4.98 Å². The molecule has 0 atom stereocenters. The molecule has 50 valence electrons. The van der Waals surface area contributed by atoms with E-state index in [1.807, 2.05) is 0 Å². The second-order valence-electron chi connectivity index (χ2n) is 1.54. The first-order chi connectivity index (χ1) is 4.84. The summed E-state index contributed by atoms with van der Waals surface area (Å²) < 4.78 is 0. The standard InChI is InChI=1S/C7H5NOS/c1-2-3-6(9)7-8-4-5-10-7/h4-5H,1H3. The lowest BCUT2D eigenvalue weighted by Crippen LogP contribution is -1.91. The van der Waals surface area contributed by atoms with Crippen LogP contribution in [0.5, 0.6) is 0 Å². The van der Waals surface area contributed by atoms with Gasteiger partial charge in [0.05, 0.1) is 0 Å². The van der Waals surface area contributed by atoms with Gasteiger partial charge in [0.2, 0.25) is 0 Å². The largest absolute Gasteiger partial charge is 0.276 e. The second kappa shape index (κ2) is 3.14. The highest BCUT2D eigenvalue weighted by molar-refractivity contribution is 7.11. The molecule has 3 heteroatoms. The van der Waals surface area contributed by atoms with Crippen molar-refractivity contribution in [3.05, 3.63) is 16.6 Å². The predicted octanol–water partition coefficient (Wildman–Crippen LogP) is 1.35. The van der Waals surface area contributed by atoms with E-state index in [4.69, 9.17) is 0 Å². The monoisotopic (exact) mass is 151 g/mol. The zero-order valence-electron chi connectivity index (χ0n) is 5.42. The van der Waals surface area contributed by atoms with Crippen LogP contribution in [0.2, 0.25) is 0 Å². The van der Waals surface area contributed by atoms with Crippen molar-refractivity contribution in [2.24, 2.45) is 0 Å². The molecule has 0 aliphatic carbocycles. The van der Waals surface area contributed by atoms with Gasteiger partial charge in [-0.1, -0.05) is 5.92 Å². The summed E-state index contributed by atoms with van der Waals surface area (Å²) in [7, 11) is 0. The Kier molecular flexibility index (Phi) is 2.19. The molecule has 10 heavy (non-hydrogen) atoms. The van der Waals surface area contributed by atoms with Crippen LogP contribution in [0.4, 0.5) is 0 Å². The molecule has 0 amide bonds. The third-order valence-electron chi connectivity index (χ3n) is 0.865. The molecule has 1 aromatic rings. The van der Waals surface area contributed by atoms with Crippen LogP contribution in [0.3, 0.4) is 0 Å². The summed E-state index contributed by atoms with van der Waals surface area (Å²) in [6, 6.07) is 0. The minimum Gasteiger partial charge on any atom is -0.276 e. The molecule has 0 spiro atoms. The zero-order valence-corrected chi connectivity index (χ0v) is 6.23. The molecular weight excluding hydrogens is 146 g/mol.